The van der Waals surface area contributed by atoms with Gasteiger partial charge in [-0.2, -0.15) is 0 Å². The number of anilines is 2. The Balaban J connectivity index is 1.65. The molecule has 2 heterocycles. The molecular weight excluding hydrogens is 373 g/mol. The SMILES string of the molecule is CCc1ccc(S(=O)(=O)Nc2ccc(NCc3ccccc3F)nc2)s1. The zero-order valence-electron chi connectivity index (χ0n) is 14.1. The average Bonchev–Trinajstić information content (AvgIpc) is 3.12. The van der Waals surface area contributed by atoms with Gasteiger partial charge in [0.05, 0.1) is 11.9 Å². The number of rotatable bonds is 7. The molecule has 2 aromatic heterocycles. The van der Waals surface area contributed by atoms with Gasteiger partial charge >= 0.3 is 0 Å². The maximum absolute atomic E-state index is 13.6. The Morgan fingerprint density at radius 2 is 1.92 bits per heavy atom. The topological polar surface area (TPSA) is 71.1 Å². The van der Waals surface area contributed by atoms with Crippen LogP contribution >= 0.6 is 11.3 Å². The van der Waals surface area contributed by atoms with Crippen molar-refractivity contribution in [2.75, 3.05) is 10.0 Å². The largest absolute Gasteiger partial charge is 0.366 e. The van der Waals surface area contributed by atoms with Gasteiger partial charge in [0.15, 0.2) is 0 Å². The highest BCUT2D eigenvalue weighted by Crippen LogP contribution is 2.24. The van der Waals surface area contributed by atoms with E-state index in [2.05, 4.69) is 15.0 Å². The lowest BCUT2D eigenvalue weighted by Crippen LogP contribution is -2.12. The van der Waals surface area contributed by atoms with Gasteiger partial charge in [-0.05, 0) is 36.8 Å². The van der Waals surface area contributed by atoms with E-state index >= 15 is 0 Å². The highest BCUT2D eigenvalue weighted by Gasteiger charge is 2.16. The highest BCUT2D eigenvalue weighted by molar-refractivity contribution is 7.94. The fourth-order valence-electron chi connectivity index (χ4n) is 2.28. The third-order valence-corrected chi connectivity index (χ3v) is 6.79. The number of nitrogens with one attached hydrogen (secondary N) is 2. The van der Waals surface area contributed by atoms with E-state index in [1.54, 1.807) is 36.4 Å². The molecule has 0 amide bonds. The van der Waals surface area contributed by atoms with Crippen molar-refractivity contribution in [3.05, 3.63) is 71.0 Å². The first-order valence-electron chi connectivity index (χ1n) is 8.03. The molecule has 0 spiro atoms. The molecular formula is C18H18FN3O2S2. The lowest BCUT2D eigenvalue weighted by Gasteiger charge is -2.09. The first-order chi connectivity index (χ1) is 12.5. The van der Waals surface area contributed by atoms with Crippen molar-refractivity contribution in [3.63, 3.8) is 0 Å². The van der Waals surface area contributed by atoms with Gasteiger partial charge in [0.1, 0.15) is 15.8 Å². The second-order valence-corrected chi connectivity index (χ2v) is 8.63. The van der Waals surface area contributed by atoms with Crippen molar-refractivity contribution in [2.24, 2.45) is 0 Å². The summed E-state index contributed by atoms with van der Waals surface area (Å²) in [5.74, 6) is 0.243. The third kappa shape index (κ3) is 4.39. The van der Waals surface area contributed by atoms with Crippen LogP contribution in [0.5, 0.6) is 0 Å². The molecule has 0 aliphatic heterocycles. The summed E-state index contributed by atoms with van der Waals surface area (Å²) in [7, 11) is -3.62. The first-order valence-corrected chi connectivity index (χ1v) is 10.3. The molecule has 3 aromatic rings. The number of sulfonamides is 1. The number of hydrogen-bond donors (Lipinski definition) is 2. The van der Waals surface area contributed by atoms with E-state index in [9.17, 15) is 12.8 Å². The Hall–Kier alpha value is -2.45. The Morgan fingerprint density at radius 3 is 2.58 bits per heavy atom. The number of nitrogens with zero attached hydrogens (tertiary/aromatic N) is 1. The predicted octanol–water partition coefficient (Wildman–Crippen LogP) is 4.26. The van der Waals surface area contributed by atoms with Gasteiger partial charge in [-0.15, -0.1) is 11.3 Å². The average molecular weight is 391 g/mol. The maximum Gasteiger partial charge on any atom is 0.271 e. The molecule has 0 saturated carbocycles. The number of pyridine rings is 1. The summed E-state index contributed by atoms with van der Waals surface area (Å²) >= 11 is 1.25. The number of aryl methyl sites for hydroxylation is 1. The molecule has 0 aliphatic carbocycles. The summed E-state index contributed by atoms with van der Waals surface area (Å²) < 4.78 is 41.1. The molecule has 0 fully saturated rings. The van der Waals surface area contributed by atoms with Gasteiger partial charge in [0.2, 0.25) is 0 Å². The lowest BCUT2D eigenvalue weighted by molar-refractivity contribution is 0.603. The Kier molecular flexibility index (Phi) is 5.53. The van der Waals surface area contributed by atoms with E-state index in [4.69, 9.17) is 0 Å². The molecule has 136 valence electrons. The summed E-state index contributed by atoms with van der Waals surface area (Å²) in [6.45, 7) is 2.27. The van der Waals surface area contributed by atoms with E-state index in [1.807, 2.05) is 13.0 Å². The number of hydrogen-bond acceptors (Lipinski definition) is 5. The quantitative estimate of drug-likeness (QED) is 0.631. The maximum atomic E-state index is 13.6. The Labute approximate surface area is 156 Å². The van der Waals surface area contributed by atoms with Crippen LogP contribution in [0, 0.1) is 5.82 Å². The van der Waals surface area contributed by atoms with Crippen molar-refractivity contribution in [2.45, 2.75) is 24.1 Å². The molecule has 5 nitrogen and oxygen atoms in total. The molecule has 1 aromatic carbocycles. The number of aromatic nitrogens is 1. The van der Waals surface area contributed by atoms with Crippen LogP contribution in [0.25, 0.3) is 0 Å². The molecule has 0 saturated heterocycles. The number of halogens is 1. The molecule has 3 rings (SSSR count). The molecule has 0 unspecified atom stereocenters. The molecule has 0 radical (unpaired) electrons. The van der Waals surface area contributed by atoms with Crippen LogP contribution in [0.1, 0.15) is 17.4 Å². The van der Waals surface area contributed by atoms with Crippen molar-refractivity contribution in [3.8, 4) is 0 Å². The van der Waals surface area contributed by atoms with Gasteiger partial charge in [-0.3, -0.25) is 4.72 Å². The molecule has 0 bridgehead atoms. The van der Waals surface area contributed by atoms with E-state index in [-0.39, 0.29) is 10.0 Å². The van der Waals surface area contributed by atoms with E-state index in [1.165, 1.54) is 23.6 Å². The minimum atomic E-state index is -3.62. The van der Waals surface area contributed by atoms with Crippen molar-refractivity contribution < 1.29 is 12.8 Å². The second-order valence-electron chi connectivity index (χ2n) is 5.56. The van der Waals surface area contributed by atoms with Gasteiger partial charge in [0.25, 0.3) is 10.0 Å². The van der Waals surface area contributed by atoms with Crippen molar-refractivity contribution >= 4 is 32.9 Å². The molecule has 2 N–H and O–H groups in total. The van der Waals surface area contributed by atoms with E-state index in [0.29, 0.717) is 23.6 Å². The van der Waals surface area contributed by atoms with Crippen molar-refractivity contribution in [1.29, 1.82) is 0 Å². The van der Waals surface area contributed by atoms with Gasteiger partial charge in [-0.25, -0.2) is 17.8 Å². The lowest BCUT2D eigenvalue weighted by atomic mass is 10.2. The Bertz CT molecular complexity index is 986. The fraction of sp³-hybridized carbons (Fsp3) is 0.167. The summed E-state index contributed by atoms with van der Waals surface area (Å²) in [4.78, 5) is 5.18. The fourth-order valence-corrected chi connectivity index (χ4v) is 4.62. The highest BCUT2D eigenvalue weighted by atomic mass is 32.2. The minimum absolute atomic E-state index is 0.274. The summed E-state index contributed by atoms with van der Waals surface area (Å²) in [5, 5.41) is 3.01. The van der Waals surface area contributed by atoms with Crippen LogP contribution in [0.2, 0.25) is 0 Å². The molecule has 26 heavy (non-hydrogen) atoms. The standard InChI is InChI=1S/C18H18FN3O2S2/c1-2-15-8-10-18(25-15)26(23,24)22-14-7-9-17(21-12-14)20-11-13-5-3-4-6-16(13)19/h3-10,12,22H,2,11H2,1H3,(H,20,21). The predicted molar refractivity (Wildman–Crippen MR) is 102 cm³/mol. The zero-order valence-corrected chi connectivity index (χ0v) is 15.7. The summed E-state index contributed by atoms with van der Waals surface area (Å²) in [6, 6.07) is 13.2. The monoisotopic (exact) mass is 391 g/mol. The van der Waals surface area contributed by atoms with Crippen LogP contribution in [-0.4, -0.2) is 13.4 Å². The number of benzene rings is 1. The normalized spacial score (nSPS) is 11.3. The smallest absolute Gasteiger partial charge is 0.271 e. The van der Waals surface area contributed by atoms with Crippen LogP contribution < -0.4 is 10.0 Å². The van der Waals surface area contributed by atoms with Gasteiger partial charge < -0.3 is 5.32 Å². The second kappa shape index (κ2) is 7.84. The number of thiophene rings is 1. The Morgan fingerprint density at radius 1 is 1.12 bits per heavy atom. The molecule has 0 atom stereocenters. The van der Waals surface area contributed by atoms with Crippen LogP contribution in [0.15, 0.2) is 58.9 Å². The van der Waals surface area contributed by atoms with Crippen LogP contribution in [0.3, 0.4) is 0 Å². The van der Waals surface area contributed by atoms with E-state index < -0.39 is 10.0 Å². The van der Waals surface area contributed by atoms with E-state index in [0.717, 1.165) is 11.3 Å². The first kappa shape index (κ1) is 18.3. The van der Waals surface area contributed by atoms with Crippen LogP contribution in [-0.2, 0) is 23.0 Å². The van der Waals surface area contributed by atoms with Crippen LogP contribution in [0.4, 0.5) is 15.9 Å². The van der Waals surface area contributed by atoms with Gasteiger partial charge in [-0.1, -0.05) is 25.1 Å². The molecule has 8 heteroatoms. The summed E-state index contributed by atoms with van der Waals surface area (Å²) in [6.07, 6.45) is 2.22. The third-order valence-electron chi connectivity index (χ3n) is 3.68. The minimum Gasteiger partial charge on any atom is -0.366 e. The van der Waals surface area contributed by atoms with Crippen molar-refractivity contribution in [1.82, 2.24) is 4.98 Å². The zero-order chi connectivity index (χ0) is 18.6. The summed E-state index contributed by atoms with van der Waals surface area (Å²) in [5.41, 5.74) is 0.899. The van der Waals surface area contributed by atoms with Gasteiger partial charge in [0, 0.05) is 17.0 Å². The molecule has 0 aliphatic rings.